The fourth-order valence-corrected chi connectivity index (χ4v) is 2.56. The van der Waals surface area contributed by atoms with Crippen molar-refractivity contribution in [3.05, 3.63) is 48.2 Å². The maximum Gasteiger partial charge on any atom is 0.325 e. The average Bonchev–Trinajstić information content (AvgIpc) is 2.66. The molecule has 0 aliphatic carbocycles. The van der Waals surface area contributed by atoms with Gasteiger partial charge in [-0.05, 0) is 31.2 Å². The van der Waals surface area contributed by atoms with E-state index in [4.69, 9.17) is 4.74 Å². The summed E-state index contributed by atoms with van der Waals surface area (Å²) in [7, 11) is 0. The van der Waals surface area contributed by atoms with Gasteiger partial charge in [0.15, 0.2) is 0 Å². The number of phenols is 2. The maximum atomic E-state index is 12.4. The van der Waals surface area contributed by atoms with Crippen LogP contribution in [0, 0.1) is 0 Å². The van der Waals surface area contributed by atoms with Gasteiger partial charge in [0.25, 0.3) is 5.91 Å². The molecule has 2 aromatic carbocycles. The smallest absolute Gasteiger partial charge is 0.325 e. The topological polar surface area (TPSA) is 122 Å². The molecular formula is C19H17N3O5. The predicted octanol–water partition coefficient (Wildman–Crippen LogP) is 2.00. The number of phenolic OH excluding ortho intramolecular Hbond substituents is 2. The highest BCUT2D eigenvalue weighted by Crippen LogP contribution is 2.27. The van der Waals surface area contributed by atoms with Gasteiger partial charge < -0.3 is 20.3 Å². The zero-order valence-electron chi connectivity index (χ0n) is 14.5. The molecule has 3 N–H and O–H groups in total. The number of aromatic nitrogens is 2. The second kappa shape index (κ2) is 7.69. The Morgan fingerprint density at radius 2 is 2.00 bits per heavy atom. The molecule has 8 heteroatoms. The lowest BCUT2D eigenvalue weighted by atomic mass is 10.1. The van der Waals surface area contributed by atoms with Crippen molar-refractivity contribution in [1.29, 1.82) is 0 Å². The highest BCUT2D eigenvalue weighted by Gasteiger charge is 2.18. The third-order valence-corrected chi connectivity index (χ3v) is 3.76. The normalized spacial score (nSPS) is 10.6. The molecule has 1 heterocycles. The van der Waals surface area contributed by atoms with E-state index >= 15 is 0 Å². The Morgan fingerprint density at radius 3 is 2.74 bits per heavy atom. The Bertz CT molecular complexity index is 1020. The van der Waals surface area contributed by atoms with Gasteiger partial charge >= 0.3 is 5.97 Å². The molecule has 1 amide bonds. The molecule has 0 saturated carbocycles. The molecule has 0 fully saturated rings. The van der Waals surface area contributed by atoms with Crippen LogP contribution < -0.4 is 5.32 Å². The first kappa shape index (κ1) is 18.1. The Morgan fingerprint density at radius 1 is 1.19 bits per heavy atom. The summed E-state index contributed by atoms with van der Waals surface area (Å²) < 4.78 is 4.76. The largest absolute Gasteiger partial charge is 0.508 e. The molecule has 0 unspecified atom stereocenters. The third kappa shape index (κ3) is 3.95. The van der Waals surface area contributed by atoms with Gasteiger partial charge in [-0.3, -0.25) is 14.6 Å². The van der Waals surface area contributed by atoms with Gasteiger partial charge in [-0.15, -0.1) is 0 Å². The maximum absolute atomic E-state index is 12.4. The molecule has 27 heavy (non-hydrogen) atoms. The molecule has 0 radical (unpaired) electrons. The minimum absolute atomic E-state index is 0.0771. The first-order chi connectivity index (χ1) is 13.0. The number of carbonyl (C=O) groups is 2. The van der Waals surface area contributed by atoms with Crippen LogP contribution in [0.3, 0.4) is 0 Å². The number of ether oxygens (including phenoxy) is 1. The van der Waals surface area contributed by atoms with E-state index in [9.17, 15) is 19.8 Å². The minimum Gasteiger partial charge on any atom is -0.508 e. The molecule has 3 aromatic rings. The van der Waals surface area contributed by atoms with Crippen LogP contribution in [0.4, 0.5) is 0 Å². The van der Waals surface area contributed by atoms with Crippen molar-refractivity contribution in [3.8, 4) is 22.8 Å². The summed E-state index contributed by atoms with van der Waals surface area (Å²) in [4.78, 5) is 32.5. The van der Waals surface area contributed by atoms with E-state index in [1.807, 2.05) is 0 Å². The van der Waals surface area contributed by atoms with Gasteiger partial charge in [0.05, 0.1) is 24.0 Å². The predicted molar refractivity (Wildman–Crippen MR) is 97.3 cm³/mol. The summed E-state index contributed by atoms with van der Waals surface area (Å²) in [6.45, 7) is 1.55. The van der Waals surface area contributed by atoms with Gasteiger partial charge in [0.2, 0.25) is 0 Å². The number of fused-ring (bicyclic) bond motifs is 1. The lowest BCUT2D eigenvalue weighted by Crippen LogP contribution is -2.31. The van der Waals surface area contributed by atoms with Crippen LogP contribution in [-0.2, 0) is 9.53 Å². The lowest BCUT2D eigenvalue weighted by Gasteiger charge is -2.10. The third-order valence-electron chi connectivity index (χ3n) is 3.76. The number of hydrogen-bond acceptors (Lipinski definition) is 7. The Balaban J connectivity index is 1.95. The highest BCUT2D eigenvalue weighted by atomic mass is 16.5. The molecular weight excluding hydrogens is 350 g/mol. The first-order valence-corrected chi connectivity index (χ1v) is 8.21. The Hall–Kier alpha value is -3.68. The minimum atomic E-state index is -0.662. The van der Waals surface area contributed by atoms with E-state index in [-0.39, 0.29) is 35.7 Å². The van der Waals surface area contributed by atoms with Crippen LogP contribution in [0.25, 0.3) is 22.3 Å². The summed E-state index contributed by atoms with van der Waals surface area (Å²) in [6, 6.07) is 9.41. The van der Waals surface area contributed by atoms with E-state index in [1.54, 1.807) is 31.2 Å². The summed E-state index contributed by atoms with van der Waals surface area (Å²) in [5.74, 6) is -1.42. The van der Waals surface area contributed by atoms with Crippen molar-refractivity contribution < 1.29 is 24.5 Å². The van der Waals surface area contributed by atoms with Crippen LogP contribution in [0.2, 0.25) is 0 Å². The van der Waals surface area contributed by atoms with Crippen molar-refractivity contribution in [2.24, 2.45) is 0 Å². The van der Waals surface area contributed by atoms with Crippen LogP contribution in [-0.4, -0.2) is 45.2 Å². The fourth-order valence-electron chi connectivity index (χ4n) is 2.56. The monoisotopic (exact) mass is 367 g/mol. The summed E-state index contributed by atoms with van der Waals surface area (Å²) in [6.07, 6.45) is 1.44. The zero-order chi connectivity index (χ0) is 19.4. The number of carbonyl (C=O) groups excluding carboxylic acids is 2. The van der Waals surface area contributed by atoms with Crippen LogP contribution in [0.15, 0.2) is 42.6 Å². The number of benzene rings is 2. The second-order valence-electron chi connectivity index (χ2n) is 5.62. The summed E-state index contributed by atoms with van der Waals surface area (Å²) in [5, 5.41) is 22.1. The molecule has 0 aliphatic heterocycles. The molecule has 0 aliphatic rings. The molecule has 1 aromatic heterocycles. The number of rotatable bonds is 5. The van der Waals surface area contributed by atoms with Gasteiger partial charge in [-0.1, -0.05) is 12.1 Å². The molecule has 0 atom stereocenters. The number of hydrogen-bond donors (Lipinski definition) is 3. The van der Waals surface area contributed by atoms with Gasteiger partial charge in [0, 0.05) is 5.56 Å². The summed E-state index contributed by atoms with van der Waals surface area (Å²) in [5.41, 5.74) is 1.66. The summed E-state index contributed by atoms with van der Waals surface area (Å²) >= 11 is 0. The second-order valence-corrected chi connectivity index (χ2v) is 5.62. The van der Waals surface area contributed by atoms with E-state index in [2.05, 4.69) is 15.3 Å². The number of amides is 1. The van der Waals surface area contributed by atoms with Crippen molar-refractivity contribution in [2.75, 3.05) is 13.2 Å². The van der Waals surface area contributed by atoms with Gasteiger partial charge in [-0.25, -0.2) is 4.98 Å². The van der Waals surface area contributed by atoms with E-state index in [0.717, 1.165) is 0 Å². The SMILES string of the molecule is CCOC(=O)CNC(=O)c1c(O)ccc2nc(-c3cccc(O)c3)cnc12. The standard InChI is InChI=1S/C19H17N3O5/c1-2-27-16(25)10-21-19(26)17-15(24)7-6-13-18(17)20-9-14(22-13)11-4-3-5-12(23)8-11/h3-9,23-24H,2,10H2,1H3,(H,21,26). The molecule has 0 bridgehead atoms. The quantitative estimate of drug-likeness (QED) is 0.590. The molecule has 8 nitrogen and oxygen atoms in total. The van der Waals surface area contributed by atoms with E-state index in [1.165, 1.54) is 18.3 Å². The zero-order valence-corrected chi connectivity index (χ0v) is 14.5. The van der Waals surface area contributed by atoms with Crippen LogP contribution in [0.5, 0.6) is 11.5 Å². The van der Waals surface area contributed by atoms with Crippen LogP contribution >= 0.6 is 0 Å². The number of aromatic hydroxyl groups is 2. The van der Waals surface area contributed by atoms with Crippen LogP contribution in [0.1, 0.15) is 17.3 Å². The fraction of sp³-hybridized carbons (Fsp3) is 0.158. The Labute approximate surface area is 154 Å². The Kier molecular flexibility index (Phi) is 5.16. The van der Waals surface area contributed by atoms with Gasteiger partial charge in [0.1, 0.15) is 29.1 Å². The molecule has 138 valence electrons. The number of esters is 1. The van der Waals surface area contributed by atoms with Crippen molar-refractivity contribution in [1.82, 2.24) is 15.3 Å². The molecule has 3 rings (SSSR count). The van der Waals surface area contributed by atoms with Crippen molar-refractivity contribution >= 4 is 22.9 Å². The average molecular weight is 367 g/mol. The van der Waals surface area contributed by atoms with Crippen molar-refractivity contribution in [2.45, 2.75) is 6.92 Å². The van der Waals surface area contributed by atoms with E-state index < -0.39 is 11.9 Å². The lowest BCUT2D eigenvalue weighted by molar-refractivity contribution is -0.141. The van der Waals surface area contributed by atoms with Gasteiger partial charge in [-0.2, -0.15) is 0 Å². The van der Waals surface area contributed by atoms with Crippen molar-refractivity contribution in [3.63, 3.8) is 0 Å². The molecule has 0 saturated heterocycles. The molecule has 0 spiro atoms. The number of nitrogens with one attached hydrogen (secondary N) is 1. The highest BCUT2D eigenvalue weighted by molar-refractivity contribution is 6.08. The first-order valence-electron chi connectivity index (χ1n) is 8.21. The van der Waals surface area contributed by atoms with E-state index in [0.29, 0.717) is 16.8 Å². The number of nitrogens with zero attached hydrogens (tertiary/aromatic N) is 2.